The molecule has 6 nitrogen and oxygen atoms in total. The Balaban J connectivity index is 0.00000338. The van der Waals surface area contributed by atoms with E-state index in [0.29, 0.717) is 17.0 Å². The second-order valence-corrected chi connectivity index (χ2v) is 4.96. The van der Waals surface area contributed by atoms with Crippen LogP contribution in [-0.2, 0) is 6.54 Å². The Morgan fingerprint density at radius 2 is 2.04 bits per heavy atom. The fourth-order valence-corrected chi connectivity index (χ4v) is 1.85. The Morgan fingerprint density at radius 1 is 1.27 bits per heavy atom. The van der Waals surface area contributed by atoms with Gasteiger partial charge in [-0.25, -0.2) is 9.98 Å². The number of ether oxygens (including phenoxy) is 2. The fraction of sp³-hybridized carbons (Fsp3) is 0.250. The van der Waals surface area contributed by atoms with E-state index in [1.54, 1.807) is 37.4 Å². The number of aliphatic imine (C=N–C) groups is 1. The minimum Gasteiger partial charge on any atom is -0.497 e. The van der Waals surface area contributed by atoms with Crippen LogP contribution >= 0.6 is 24.0 Å². The molecule has 1 aromatic carbocycles. The van der Waals surface area contributed by atoms with Crippen molar-refractivity contribution in [1.29, 1.82) is 0 Å². The van der Waals surface area contributed by atoms with Gasteiger partial charge in [0, 0.05) is 24.0 Å². The highest BCUT2D eigenvalue weighted by Gasteiger charge is 2.28. The highest BCUT2D eigenvalue weighted by Crippen LogP contribution is 2.18. The number of alkyl halides is 3. The first-order valence-electron chi connectivity index (χ1n) is 7.21. The molecule has 1 heterocycles. The molecule has 2 rings (SSSR count). The van der Waals surface area contributed by atoms with Crippen molar-refractivity contribution in [1.82, 2.24) is 4.98 Å². The topological polar surface area (TPSA) is 81.8 Å². The summed E-state index contributed by atoms with van der Waals surface area (Å²) in [7, 11) is 1.55. The van der Waals surface area contributed by atoms with Gasteiger partial charge in [-0.2, -0.15) is 13.2 Å². The van der Waals surface area contributed by atoms with Crippen molar-refractivity contribution in [2.24, 2.45) is 10.7 Å². The lowest BCUT2D eigenvalue weighted by Gasteiger charge is -2.09. The van der Waals surface area contributed by atoms with Gasteiger partial charge in [0.05, 0.1) is 13.7 Å². The highest BCUT2D eigenvalue weighted by molar-refractivity contribution is 14.0. The van der Waals surface area contributed by atoms with Crippen LogP contribution in [0.25, 0.3) is 0 Å². The summed E-state index contributed by atoms with van der Waals surface area (Å²) in [6, 6.07) is 10.1. The molecule has 0 aliphatic carbocycles. The summed E-state index contributed by atoms with van der Waals surface area (Å²) in [6.07, 6.45) is -3.07. The molecule has 0 aliphatic heterocycles. The number of nitrogens with zero attached hydrogens (tertiary/aromatic N) is 2. The van der Waals surface area contributed by atoms with Crippen LogP contribution in [0.5, 0.6) is 11.6 Å². The predicted molar refractivity (Wildman–Crippen MR) is 103 cm³/mol. The average Bonchev–Trinajstić information content (AvgIpc) is 2.58. The molecule has 0 unspecified atom stereocenters. The second kappa shape index (κ2) is 10.0. The number of halogens is 4. The molecular formula is C16H18F3IN4O2. The van der Waals surface area contributed by atoms with Crippen LogP contribution < -0.4 is 20.5 Å². The molecule has 0 atom stereocenters. The lowest BCUT2D eigenvalue weighted by molar-refractivity contribution is -0.154. The van der Waals surface area contributed by atoms with Crippen molar-refractivity contribution in [3.8, 4) is 11.6 Å². The molecule has 0 bridgehead atoms. The van der Waals surface area contributed by atoms with Crippen molar-refractivity contribution >= 4 is 35.6 Å². The number of anilines is 1. The summed E-state index contributed by atoms with van der Waals surface area (Å²) >= 11 is 0. The van der Waals surface area contributed by atoms with E-state index in [-0.39, 0.29) is 42.4 Å². The summed E-state index contributed by atoms with van der Waals surface area (Å²) in [5.74, 6) is 0.700. The van der Waals surface area contributed by atoms with Gasteiger partial charge in [0.25, 0.3) is 0 Å². The van der Waals surface area contributed by atoms with Crippen molar-refractivity contribution < 1.29 is 22.6 Å². The minimum absolute atomic E-state index is 0. The van der Waals surface area contributed by atoms with Crippen LogP contribution in [0.2, 0.25) is 0 Å². The van der Waals surface area contributed by atoms with Crippen molar-refractivity contribution in [2.75, 3.05) is 19.0 Å². The minimum atomic E-state index is -4.42. The third-order valence-corrected chi connectivity index (χ3v) is 2.96. The zero-order valence-corrected chi connectivity index (χ0v) is 16.1. The van der Waals surface area contributed by atoms with E-state index in [0.717, 1.165) is 0 Å². The zero-order chi connectivity index (χ0) is 18.3. The zero-order valence-electron chi connectivity index (χ0n) is 13.8. The summed E-state index contributed by atoms with van der Waals surface area (Å²) < 4.78 is 46.1. The van der Waals surface area contributed by atoms with Crippen LogP contribution in [0.15, 0.2) is 47.6 Å². The van der Waals surface area contributed by atoms with E-state index in [2.05, 4.69) is 20.0 Å². The molecule has 0 radical (unpaired) electrons. The monoisotopic (exact) mass is 482 g/mol. The van der Waals surface area contributed by atoms with Gasteiger partial charge in [-0.3, -0.25) is 0 Å². The lowest BCUT2D eigenvalue weighted by atomic mass is 10.3. The molecule has 0 spiro atoms. The van der Waals surface area contributed by atoms with Gasteiger partial charge in [-0.15, -0.1) is 24.0 Å². The molecule has 0 saturated carbocycles. The van der Waals surface area contributed by atoms with Crippen LogP contribution in [0.1, 0.15) is 5.56 Å². The third-order valence-electron chi connectivity index (χ3n) is 2.96. The number of methoxy groups -OCH3 is 1. The number of rotatable bonds is 6. The maximum atomic E-state index is 12.1. The number of nitrogens with one attached hydrogen (secondary N) is 1. The third kappa shape index (κ3) is 7.76. The largest absolute Gasteiger partial charge is 0.497 e. The highest BCUT2D eigenvalue weighted by atomic mass is 127. The number of guanidine groups is 1. The molecule has 0 fully saturated rings. The summed E-state index contributed by atoms with van der Waals surface area (Å²) in [5.41, 5.74) is 7.11. The normalized spacial score (nSPS) is 11.5. The van der Waals surface area contributed by atoms with Gasteiger partial charge in [0.1, 0.15) is 5.75 Å². The molecule has 0 aliphatic rings. The molecule has 2 aromatic rings. The lowest BCUT2D eigenvalue weighted by Crippen LogP contribution is -2.22. The first kappa shape index (κ1) is 21.8. The van der Waals surface area contributed by atoms with E-state index in [1.807, 2.05) is 0 Å². The molecule has 3 N–H and O–H groups in total. The number of aromatic nitrogens is 1. The van der Waals surface area contributed by atoms with Gasteiger partial charge in [0.2, 0.25) is 5.88 Å². The molecule has 0 amide bonds. The Hall–Kier alpha value is -2.24. The van der Waals surface area contributed by atoms with E-state index in [4.69, 9.17) is 10.5 Å². The van der Waals surface area contributed by atoms with Crippen molar-refractivity contribution in [2.45, 2.75) is 12.7 Å². The van der Waals surface area contributed by atoms with E-state index in [9.17, 15) is 13.2 Å². The first-order valence-corrected chi connectivity index (χ1v) is 7.21. The molecular weight excluding hydrogens is 464 g/mol. The van der Waals surface area contributed by atoms with Gasteiger partial charge in [-0.1, -0.05) is 6.07 Å². The first-order chi connectivity index (χ1) is 11.9. The van der Waals surface area contributed by atoms with Gasteiger partial charge in [-0.05, 0) is 23.8 Å². The second-order valence-electron chi connectivity index (χ2n) is 4.96. The summed E-state index contributed by atoms with van der Waals surface area (Å²) in [5, 5.41) is 2.90. The number of hydrogen-bond donors (Lipinski definition) is 2. The molecule has 1 aromatic heterocycles. The van der Waals surface area contributed by atoms with Crippen LogP contribution in [0.4, 0.5) is 18.9 Å². The average molecular weight is 482 g/mol. The van der Waals surface area contributed by atoms with E-state index >= 15 is 0 Å². The maximum absolute atomic E-state index is 12.1. The quantitative estimate of drug-likeness (QED) is 0.374. The predicted octanol–water partition coefficient (Wildman–Crippen LogP) is 3.58. The Morgan fingerprint density at radius 3 is 2.73 bits per heavy atom. The van der Waals surface area contributed by atoms with Crippen LogP contribution in [0.3, 0.4) is 0 Å². The summed E-state index contributed by atoms with van der Waals surface area (Å²) in [6.45, 7) is -1.24. The van der Waals surface area contributed by atoms with Crippen LogP contribution in [0, 0.1) is 0 Å². The molecule has 0 saturated heterocycles. The molecule has 26 heavy (non-hydrogen) atoms. The Kier molecular flexibility index (Phi) is 8.42. The van der Waals surface area contributed by atoms with Gasteiger partial charge < -0.3 is 20.5 Å². The van der Waals surface area contributed by atoms with Crippen LogP contribution in [-0.4, -0.2) is 30.8 Å². The standard InChI is InChI=1S/C16H17F3N4O2.HI/c1-24-13-4-2-3-12(8-13)23-15(20)22-9-11-5-6-21-14(7-11)25-10-16(17,18)19;/h2-8H,9-10H2,1H3,(H3,20,22,23);1H. The Labute approximate surface area is 165 Å². The maximum Gasteiger partial charge on any atom is 0.422 e. The van der Waals surface area contributed by atoms with Gasteiger partial charge in [0.15, 0.2) is 12.6 Å². The number of hydrogen-bond acceptors (Lipinski definition) is 4. The number of nitrogens with two attached hydrogens (primary N) is 1. The van der Waals surface area contributed by atoms with E-state index in [1.165, 1.54) is 12.3 Å². The van der Waals surface area contributed by atoms with Gasteiger partial charge >= 0.3 is 6.18 Å². The fourth-order valence-electron chi connectivity index (χ4n) is 1.85. The SMILES string of the molecule is COc1cccc(NC(N)=NCc2ccnc(OCC(F)(F)F)c2)c1.I. The Bertz CT molecular complexity index is 741. The number of benzene rings is 1. The molecule has 10 heteroatoms. The molecule has 142 valence electrons. The number of pyridine rings is 1. The van der Waals surface area contributed by atoms with Crippen molar-refractivity contribution in [3.63, 3.8) is 0 Å². The van der Waals surface area contributed by atoms with E-state index < -0.39 is 12.8 Å². The summed E-state index contributed by atoms with van der Waals surface area (Å²) in [4.78, 5) is 7.86. The van der Waals surface area contributed by atoms with Crippen molar-refractivity contribution in [3.05, 3.63) is 48.2 Å². The smallest absolute Gasteiger partial charge is 0.422 e.